The molecule has 0 aromatic heterocycles. The van der Waals surface area contributed by atoms with E-state index in [1.807, 2.05) is 0 Å². The number of rotatable bonds is 9. The van der Waals surface area contributed by atoms with Crippen molar-refractivity contribution in [1.82, 2.24) is 0 Å². The molecule has 1 aromatic rings. The Morgan fingerprint density at radius 2 is 1.42 bits per heavy atom. The summed E-state index contributed by atoms with van der Waals surface area (Å²) in [6, 6.07) is 4.53. The summed E-state index contributed by atoms with van der Waals surface area (Å²) in [4.78, 5) is 0. The fourth-order valence-electron chi connectivity index (χ4n) is 2.81. The summed E-state index contributed by atoms with van der Waals surface area (Å²) in [7, 11) is 0. The van der Waals surface area contributed by atoms with Crippen LogP contribution in [-0.2, 0) is 19.3 Å². The first kappa shape index (κ1) is 16.1. The van der Waals surface area contributed by atoms with E-state index < -0.39 is 0 Å². The Morgan fingerprint density at radius 3 is 2.05 bits per heavy atom. The number of nitrogens with two attached hydrogens (primary N) is 1. The zero-order chi connectivity index (χ0) is 14.1. The molecule has 1 rings (SSSR count). The van der Waals surface area contributed by atoms with Crippen LogP contribution in [0.3, 0.4) is 0 Å². The van der Waals surface area contributed by atoms with Gasteiger partial charge in [-0.05, 0) is 42.4 Å². The van der Waals surface area contributed by atoms with E-state index in [2.05, 4.69) is 32.9 Å². The summed E-state index contributed by atoms with van der Waals surface area (Å²) in [6.07, 6.45) is 11.5. The molecular weight excluding hydrogens is 230 g/mol. The van der Waals surface area contributed by atoms with Crippen LogP contribution in [0, 0.1) is 0 Å². The van der Waals surface area contributed by atoms with Crippen LogP contribution in [0.25, 0.3) is 0 Å². The second-order valence-electron chi connectivity index (χ2n) is 5.50. The molecule has 0 saturated carbocycles. The standard InChI is InChI=1S/C18H31N/c1-4-7-8-9-10-11-12-16-14-13-15(5-2)18(19)17(16)6-3/h13-14H,4-12,19H2,1-3H3. The Bertz CT molecular complexity index is 368. The maximum Gasteiger partial charge on any atom is 0.0381 e. The molecule has 2 N–H and O–H groups in total. The number of unbranched alkanes of at least 4 members (excludes halogenated alkanes) is 5. The van der Waals surface area contributed by atoms with E-state index in [0.717, 1.165) is 18.5 Å². The first-order chi connectivity index (χ1) is 9.24. The number of nitrogen functional groups attached to an aromatic ring is 1. The molecule has 0 saturated heterocycles. The zero-order valence-corrected chi connectivity index (χ0v) is 13.1. The second kappa shape index (κ2) is 9.01. The Balaban J connectivity index is 2.51. The molecule has 0 amide bonds. The Morgan fingerprint density at radius 1 is 0.789 bits per heavy atom. The highest BCUT2D eigenvalue weighted by molar-refractivity contribution is 5.57. The number of aryl methyl sites for hydroxylation is 2. The average Bonchev–Trinajstić information content (AvgIpc) is 2.43. The smallest absolute Gasteiger partial charge is 0.0381 e. The van der Waals surface area contributed by atoms with Crippen LogP contribution in [0.4, 0.5) is 5.69 Å². The predicted molar refractivity (Wildman–Crippen MR) is 86.7 cm³/mol. The van der Waals surface area contributed by atoms with Crippen LogP contribution in [0.15, 0.2) is 12.1 Å². The molecule has 1 nitrogen and oxygen atoms in total. The van der Waals surface area contributed by atoms with E-state index in [0.29, 0.717) is 0 Å². The van der Waals surface area contributed by atoms with Crippen LogP contribution >= 0.6 is 0 Å². The summed E-state index contributed by atoms with van der Waals surface area (Å²) in [5.41, 5.74) is 11.5. The SMILES string of the molecule is CCCCCCCCc1ccc(CC)c(N)c1CC. The van der Waals surface area contributed by atoms with Gasteiger partial charge in [0.1, 0.15) is 0 Å². The number of hydrogen-bond acceptors (Lipinski definition) is 1. The molecule has 1 aromatic carbocycles. The molecule has 0 unspecified atom stereocenters. The highest BCUT2D eigenvalue weighted by Crippen LogP contribution is 2.24. The van der Waals surface area contributed by atoms with Crippen molar-refractivity contribution in [3.8, 4) is 0 Å². The van der Waals surface area contributed by atoms with Crippen LogP contribution in [-0.4, -0.2) is 0 Å². The molecule has 0 bridgehead atoms. The number of hydrogen-bond donors (Lipinski definition) is 1. The number of benzene rings is 1. The lowest BCUT2D eigenvalue weighted by Gasteiger charge is -2.14. The van der Waals surface area contributed by atoms with Gasteiger partial charge in [-0.25, -0.2) is 0 Å². The molecule has 0 aliphatic heterocycles. The monoisotopic (exact) mass is 261 g/mol. The second-order valence-corrected chi connectivity index (χ2v) is 5.50. The van der Waals surface area contributed by atoms with Gasteiger partial charge in [-0.1, -0.05) is 65.0 Å². The summed E-state index contributed by atoms with van der Waals surface area (Å²) in [5, 5.41) is 0. The van der Waals surface area contributed by atoms with Crippen LogP contribution in [0.5, 0.6) is 0 Å². The van der Waals surface area contributed by atoms with Crippen LogP contribution in [0.2, 0.25) is 0 Å². The maximum absolute atomic E-state index is 6.28. The molecule has 0 fully saturated rings. The third-order valence-electron chi connectivity index (χ3n) is 4.08. The van der Waals surface area contributed by atoms with E-state index in [-0.39, 0.29) is 0 Å². The van der Waals surface area contributed by atoms with Crippen molar-refractivity contribution >= 4 is 5.69 Å². The van der Waals surface area contributed by atoms with Gasteiger partial charge in [0.05, 0.1) is 0 Å². The number of anilines is 1. The first-order valence-electron chi connectivity index (χ1n) is 8.13. The third-order valence-corrected chi connectivity index (χ3v) is 4.08. The van der Waals surface area contributed by atoms with Gasteiger partial charge >= 0.3 is 0 Å². The molecule has 0 spiro atoms. The summed E-state index contributed by atoms with van der Waals surface area (Å²) in [5.74, 6) is 0. The van der Waals surface area contributed by atoms with Crippen LogP contribution in [0.1, 0.15) is 76.0 Å². The molecule has 0 atom stereocenters. The largest absolute Gasteiger partial charge is 0.398 e. The van der Waals surface area contributed by atoms with E-state index >= 15 is 0 Å². The van der Waals surface area contributed by atoms with E-state index in [1.54, 1.807) is 0 Å². The summed E-state index contributed by atoms with van der Waals surface area (Å²) in [6.45, 7) is 6.67. The Labute approximate surface area is 119 Å². The molecular formula is C18H31N. The lowest BCUT2D eigenvalue weighted by Crippen LogP contribution is -2.03. The molecule has 1 heteroatoms. The van der Waals surface area contributed by atoms with Gasteiger partial charge in [-0.2, -0.15) is 0 Å². The van der Waals surface area contributed by atoms with E-state index in [1.165, 1.54) is 61.6 Å². The fraction of sp³-hybridized carbons (Fsp3) is 0.667. The summed E-state index contributed by atoms with van der Waals surface area (Å²) >= 11 is 0. The average molecular weight is 261 g/mol. The van der Waals surface area contributed by atoms with E-state index in [4.69, 9.17) is 5.73 Å². The highest BCUT2D eigenvalue weighted by Gasteiger charge is 2.08. The van der Waals surface area contributed by atoms with Crippen molar-refractivity contribution in [3.05, 3.63) is 28.8 Å². The predicted octanol–water partition coefficient (Wildman–Crippen LogP) is 5.30. The fourth-order valence-corrected chi connectivity index (χ4v) is 2.81. The quantitative estimate of drug-likeness (QED) is 0.474. The molecule has 108 valence electrons. The minimum absolute atomic E-state index is 1.04. The minimum atomic E-state index is 1.04. The minimum Gasteiger partial charge on any atom is -0.398 e. The zero-order valence-electron chi connectivity index (χ0n) is 13.1. The molecule has 0 aliphatic carbocycles. The van der Waals surface area contributed by atoms with Crippen molar-refractivity contribution in [1.29, 1.82) is 0 Å². The third kappa shape index (κ3) is 4.89. The van der Waals surface area contributed by atoms with Crippen molar-refractivity contribution in [2.24, 2.45) is 0 Å². The molecule has 0 heterocycles. The highest BCUT2D eigenvalue weighted by atomic mass is 14.6. The van der Waals surface area contributed by atoms with E-state index in [9.17, 15) is 0 Å². The molecule has 0 radical (unpaired) electrons. The lowest BCUT2D eigenvalue weighted by atomic mass is 9.94. The normalized spacial score (nSPS) is 10.9. The van der Waals surface area contributed by atoms with Gasteiger partial charge in [-0.3, -0.25) is 0 Å². The van der Waals surface area contributed by atoms with Gasteiger partial charge in [-0.15, -0.1) is 0 Å². The Kier molecular flexibility index (Phi) is 7.62. The van der Waals surface area contributed by atoms with Crippen molar-refractivity contribution in [2.45, 2.75) is 78.6 Å². The van der Waals surface area contributed by atoms with Gasteiger partial charge in [0.15, 0.2) is 0 Å². The maximum atomic E-state index is 6.28. The first-order valence-corrected chi connectivity index (χ1v) is 8.13. The Hall–Kier alpha value is -0.980. The summed E-state index contributed by atoms with van der Waals surface area (Å²) < 4.78 is 0. The van der Waals surface area contributed by atoms with Gasteiger partial charge < -0.3 is 5.73 Å². The van der Waals surface area contributed by atoms with Crippen molar-refractivity contribution in [3.63, 3.8) is 0 Å². The van der Waals surface area contributed by atoms with Crippen molar-refractivity contribution in [2.75, 3.05) is 5.73 Å². The van der Waals surface area contributed by atoms with Gasteiger partial charge in [0, 0.05) is 5.69 Å². The molecule has 0 aliphatic rings. The lowest BCUT2D eigenvalue weighted by molar-refractivity contribution is 0.606. The molecule has 19 heavy (non-hydrogen) atoms. The van der Waals surface area contributed by atoms with Gasteiger partial charge in [0.2, 0.25) is 0 Å². The van der Waals surface area contributed by atoms with Crippen molar-refractivity contribution < 1.29 is 0 Å². The van der Waals surface area contributed by atoms with Crippen LogP contribution < -0.4 is 5.73 Å². The topological polar surface area (TPSA) is 26.0 Å². The van der Waals surface area contributed by atoms with Gasteiger partial charge in [0.25, 0.3) is 0 Å².